The van der Waals surface area contributed by atoms with Gasteiger partial charge in [0, 0.05) is 4.86 Å². The van der Waals surface area contributed by atoms with Crippen LogP contribution in [0.15, 0.2) is 24.3 Å². The van der Waals surface area contributed by atoms with Gasteiger partial charge in [0.05, 0.1) is 0 Å². The summed E-state index contributed by atoms with van der Waals surface area (Å²) in [6.45, 7) is 4.29. The van der Waals surface area contributed by atoms with Crippen LogP contribution in [-0.4, -0.2) is 4.86 Å². The zero-order chi connectivity index (χ0) is 18.2. The normalized spacial score (nSPS) is 11.0. The Morgan fingerprint density at radius 2 is 1.04 bits per heavy atom. The van der Waals surface area contributed by atoms with Crippen LogP contribution in [0.4, 0.5) is 0 Å². The lowest BCUT2D eigenvalue weighted by atomic mass is 10.0. The van der Waals surface area contributed by atoms with E-state index in [0.717, 1.165) is 4.86 Å². The first-order valence-corrected chi connectivity index (χ1v) is 11.2. The van der Waals surface area contributed by atoms with E-state index in [1.54, 1.807) is 0 Å². The highest BCUT2D eigenvalue weighted by Gasteiger charge is 1.98. The standard InChI is InChI=1S/C24H40S/c1-3-4-5-6-7-8-9-10-11-12-13-14-15-16-17-23-18-20-24(21-19-23)22(2)25/h18-21H,3-17H2,1-2H3. The molecule has 0 fully saturated rings. The van der Waals surface area contributed by atoms with Crippen molar-refractivity contribution in [3.05, 3.63) is 35.4 Å². The highest BCUT2D eigenvalue weighted by molar-refractivity contribution is 7.80. The molecule has 0 aliphatic rings. The second kappa shape index (κ2) is 15.6. The predicted molar refractivity (Wildman–Crippen MR) is 118 cm³/mol. The van der Waals surface area contributed by atoms with Crippen LogP contribution in [0.3, 0.4) is 0 Å². The fourth-order valence-corrected chi connectivity index (χ4v) is 3.57. The van der Waals surface area contributed by atoms with Gasteiger partial charge in [-0.05, 0) is 30.9 Å². The third kappa shape index (κ3) is 12.3. The zero-order valence-corrected chi connectivity index (χ0v) is 17.6. The van der Waals surface area contributed by atoms with Crippen LogP contribution >= 0.6 is 12.2 Å². The minimum Gasteiger partial charge on any atom is -0.0846 e. The van der Waals surface area contributed by atoms with Crippen LogP contribution in [-0.2, 0) is 6.42 Å². The van der Waals surface area contributed by atoms with Gasteiger partial charge in [-0.2, -0.15) is 0 Å². The number of hydrogen-bond acceptors (Lipinski definition) is 1. The Bertz CT molecular complexity index is 432. The molecule has 0 spiro atoms. The van der Waals surface area contributed by atoms with Crippen molar-refractivity contribution in [3.63, 3.8) is 0 Å². The van der Waals surface area contributed by atoms with E-state index in [1.165, 1.54) is 107 Å². The molecule has 0 saturated carbocycles. The molecule has 142 valence electrons. The molecule has 0 bridgehead atoms. The van der Waals surface area contributed by atoms with Gasteiger partial charge >= 0.3 is 0 Å². The average Bonchev–Trinajstić information content (AvgIpc) is 2.62. The van der Waals surface area contributed by atoms with Gasteiger partial charge in [-0.3, -0.25) is 0 Å². The number of benzene rings is 1. The van der Waals surface area contributed by atoms with Crippen LogP contribution in [0, 0.1) is 0 Å². The van der Waals surface area contributed by atoms with Crippen LogP contribution in [0.25, 0.3) is 0 Å². The summed E-state index contributed by atoms with van der Waals surface area (Å²) in [6.07, 6.45) is 21.2. The van der Waals surface area contributed by atoms with Crippen LogP contribution in [0.2, 0.25) is 0 Å². The van der Waals surface area contributed by atoms with E-state index >= 15 is 0 Å². The molecule has 1 rings (SSSR count). The number of thiocarbonyl (C=S) groups is 1. The fraction of sp³-hybridized carbons (Fsp3) is 0.708. The van der Waals surface area contributed by atoms with Gasteiger partial charge in [0.25, 0.3) is 0 Å². The first-order chi connectivity index (χ1) is 12.2. The van der Waals surface area contributed by atoms with Gasteiger partial charge in [0.2, 0.25) is 0 Å². The maximum atomic E-state index is 5.21. The van der Waals surface area contributed by atoms with Gasteiger partial charge in [0.15, 0.2) is 0 Å². The van der Waals surface area contributed by atoms with E-state index in [2.05, 4.69) is 31.2 Å². The zero-order valence-electron chi connectivity index (χ0n) is 16.8. The van der Waals surface area contributed by atoms with Crippen LogP contribution in [0.1, 0.15) is 115 Å². The Balaban J connectivity index is 1.85. The lowest BCUT2D eigenvalue weighted by Crippen LogP contribution is -1.91. The first kappa shape index (κ1) is 22.4. The van der Waals surface area contributed by atoms with Gasteiger partial charge in [-0.15, -0.1) is 0 Å². The number of unbranched alkanes of at least 4 members (excludes halogenated alkanes) is 13. The fourth-order valence-electron chi connectivity index (χ4n) is 3.43. The first-order valence-electron chi connectivity index (χ1n) is 10.8. The molecule has 25 heavy (non-hydrogen) atoms. The molecule has 0 heterocycles. The maximum absolute atomic E-state index is 5.21. The predicted octanol–water partition coefficient (Wildman–Crippen LogP) is 8.45. The highest BCUT2D eigenvalue weighted by atomic mass is 32.1. The topological polar surface area (TPSA) is 0 Å². The monoisotopic (exact) mass is 360 g/mol. The van der Waals surface area contributed by atoms with Crippen LogP contribution in [0.5, 0.6) is 0 Å². The van der Waals surface area contributed by atoms with Crippen molar-refractivity contribution in [1.82, 2.24) is 0 Å². The van der Waals surface area contributed by atoms with Crippen molar-refractivity contribution >= 4 is 17.1 Å². The van der Waals surface area contributed by atoms with E-state index in [1.807, 2.05) is 6.92 Å². The molecule has 0 nitrogen and oxygen atoms in total. The van der Waals surface area contributed by atoms with E-state index in [0.29, 0.717) is 0 Å². The summed E-state index contributed by atoms with van der Waals surface area (Å²) in [4.78, 5) is 0.989. The van der Waals surface area contributed by atoms with Crippen molar-refractivity contribution in [2.45, 2.75) is 110 Å². The summed E-state index contributed by atoms with van der Waals surface area (Å²) in [6, 6.07) is 8.82. The summed E-state index contributed by atoms with van der Waals surface area (Å²) in [7, 11) is 0. The maximum Gasteiger partial charge on any atom is 0.0193 e. The molecular formula is C24H40S. The average molecular weight is 361 g/mol. The smallest absolute Gasteiger partial charge is 0.0193 e. The minimum atomic E-state index is 0.989. The summed E-state index contributed by atoms with van der Waals surface area (Å²) >= 11 is 5.21. The number of rotatable bonds is 16. The molecule has 0 radical (unpaired) electrons. The summed E-state index contributed by atoms with van der Waals surface area (Å²) < 4.78 is 0. The van der Waals surface area contributed by atoms with E-state index < -0.39 is 0 Å². The third-order valence-corrected chi connectivity index (χ3v) is 5.42. The highest BCUT2D eigenvalue weighted by Crippen LogP contribution is 2.14. The van der Waals surface area contributed by atoms with Gasteiger partial charge < -0.3 is 0 Å². The van der Waals surface area contributed by atoms with Gasteiger partial charge in [-0.1, -0.05) is 127 Å². The molecule has 0 aliphatic heterocycles. The molecule has 0 unspecified atom stereocenters. The van der Waals surface area contributed by atoms with E-state index in [-0.39, 0.29) is 0 Å². The minimum absolute atomic E-state index is 0.989. The Labute approximate surface area is 162 Å². The van der Waals surface area contributed by atoms with Crippen molar-refractivity contribution in [2.75, 3.05) is 0 Å². The second-order valence-corrected chi connectivity index (χ2v) is 8.21. The third-order valence-electron chi connectivity index (χ3n) is 5.18. The molecule has 1 heteroatoms. The van der Waals surface area contributed by atoms with Crippen molar-refractivity contribution in [2.24, 2.45) is 0 Å². The summed E-state index contributed by atoms with van der Waals surface area (Å²) in [5.74, 6) is 0. The Hall–Kier alpha value is -0.690. The van der Waals surface area contributed by atoms with E-state index in [4.69, 9.17) is 12.2 Å². The summed E-state index contributed by atoms with van der Waals surface area (Å²) in [5.41, 5.74) is 2.65. The number of hydrogen-bond donors (Lipinski definition) is 0. The molecule has 0 saturated heterocycles. The SMILES string of the molecule is CCCCCCCCCCCCCCCCc1ccc(C(C)=S)cc1. The lowest BCUT2D eigenvalue weighted by Gasteiger charge is -2.04. The molecule has 0 aliphatic carbocycles. The largest absolute Gasteiger partial charge is 0.0846 e. The van der Waals surface area contributed by atoms with Gasteiger partial charge in [-0.25, -0.2) is 0 Å². The summed E-state index contributed by atoms with van der Waals surface area (Å²) in [5, 5.41) is 0. The molecule has 1 aromatic rings. The lowest BCUT2D eigenvalue weighted by molar-refractivity contribution is 0.535. The molecular weight excluding hydrogens is 320 g/mol. The molecule has 0 amide bonds. The molecule has 0 atom stereocenters. The van der Waals surface area contributed by atoms with E-state index in [9.17, 15) is 0 Å². The van der Waals surface area contributed by atoms with Crippen LogP contribution < -0.4 is 0 Å². The van der Waals surface area contributed by atoms with Crippen molar-refractivity contribution in [3.8, 4) is 0 Å². The van der Waals surface area contributed by atoms with Gasteiger partial charge in [0.1, 0.15) is 0 Å². The Kier molecular flexibility index (Phi) is 13.9. The Morgan fingerprint density at radius 1 is 0.640 bits per heavy atom. The quantitative estimate of drug-likeness (QED) is 0.162. The second-order valence-electron chi connectivity index (χ2n) is 7.60. The Morgan fingerprint density at radius 3 is 1.44 bits per heavy atom. The van der Waals surface area contributed by atoms with Crippen molar-refractivity contribution < 1.29 is 0 Å². The van der Waals surface area contributed by atoms with Crippen molar-refractivity contribution in [1.29, 1.82) is 0 Å². The molecule has 1 aromatic carbocycles. The number of aryl methyl sites for hydroxylation is 1. The molecule has 0 aromatic heterocycles. The molecule has 0 N–H and O–H groups in total.